The maximum absolute atomic E-state index is 11.1. The van der Waals surface area contributed by atoms with Crippen LogP contribution in [0, 0.1) is 5.92 Å². The van der Waals surface area contributed by atoms with Gasteiger partial charge in [0.15, 0.2) is 0 Å². The van der Waals surface area contributed by atoms with Gasteiger partial charge in [-0.1, -0.05) is 26.7 Å². The largest absolute Gasteiger partial charge is 0.464 e. The average Bonchev–Trinajstić information content (AvgIpc) is 2.16. The summed E-state index contributed by atoms with van der Waals surface area (Å²) in [4.78, 5) is 11.1. The van der Waals surface area contributed by atoms with Crippen molar-refractivity contribution in [1.29, 1.82) is 0 Å². The summed E-state index contributed by atoms with van der Waals surface area (Å²) in [5, 5.41) is 0. The minimum atomic E-state index is -0.114. The molecule has 0 aromatic rings. The topological polar surface area (TPSA) is 52.3 Å². The van der Waals surface area contributed by atoms with Crippen LogP contribution >= 0.6 is 0 Å². The second-order valence-electron chi connectivity index (χ2n) is 3.23. The Bertz CT molecular complexity index is 133. The Kier molecular flexibility index (Phi) is 7.69. The van der Waals surface area contributed by atoms with Gasteiger partial charge in [0.2, 0.25) is 0 Å². The van der Waals surface area contributed by atoms with Crippen LogP contribution in [0.3, 0.4) is 0 Å². The molecule has 0 amide bonds. The molecule has 0 aliphatic heterocycles. The van der Waals surface area contributed by atoms with Crippen molar-refractivity contribution in [3.63, 3.8) is 0 Å². The minimum Gasteiger partial charge on any atom is -0.464 e. The fourth-order valence-corrected chi connectivity index (χ4v) is 1.26. The SMILES string of the molecule is CCC(CC)CCC(=O)OCCN. The summed E-state index contributed by atoms with van der Waals surface area (Å²) in [6.07, 6.45) is 3.75. The Hall–Kier alpha value is -0.570. The number of carbonyl (C=O) groups is 1. The molecule has 0 aromatic carbocycles. The first-order valence-electron chi connectivity index (χ1n) is 5.10. The Labute approximate surface area is 80.6 Å². The Morgan fingerprint density at radius 1 is 1.38 bits per heavy atom. The van der Waals surface area contributed by atoms with E-state index >= 15 is 0 Å². The molecular weight excluding hydrogens is 166 g/mol. The molecular formula is C10H21NO2. The highest BCUT2D eigenvalue weighted by Gasteiger charge is 2.07. The van der Waals surface area contributed by atoms with Crippen LogP contribution in [-0.2, 0) is 9.53 Å². The van der Waals surface area contributed by atoms with Gasteiger partial charge in [-0.2, -0.15) is 0 Å². The van der Waals surface area contributed by atoms with Crippen molar-refractivity contribution in [1.82, 2.24) is 0 Å². The first-order chi connectivity index (χ1) is 6.24. The second-order valence-corrected chi connectivity index (χ2v) is 3.23. The van der Waals surface area contributed by atoms with Crippen molar-refractivity contribution >= 4 is 5.97 Å². The summed E-state index contributed by atoms with van der Waals surface area (Å²) < 4.78 is 4.87. The first-order valence-corrected chi connectivity index (χ1v) is 5.10. The van der Waals surface area contributed by atoms with Crippen LogP contribution < -0.4 is 5.73 Å². The van der Waals surface area contributed by atoms with Crippen LogP contribution in [0.2, 0.25) is 0 Å². The van der Waals surface area contributed by atoms with Gasteiger partial charge in [0, 0.05) is 13.0 Å². The third kappa shape index (κ3) is 6.58. The molecule has 0 bridgehead atoms. The third-order valence-electron chi connectivity index (χ3n) is 2.29. The van der Waals surface area contributed by atoms with Crippen molar-refractivity contribution in [2.45, 2.75) is 39.5 Å². The first kappa shape index (κ1) is 12.4. The molecule has 0 saturated heterocycles. The van der Waals surface area contributed by atoms with Crippen molar-refractivity contribution in [3.8, 4) is 0 Å². The van der Waals surface area contributed by atoms with Crippen molar-refractivity contribution in [2.24, 2.45) is 11.7 Å². The Morgan fingerprint density at radius 2 is 2.00 bits per heavy atom. The zero-order chi connectivity index (χ0) is 10.1. The van der Waals surface area contributed by atoms with Crippen LogP contribution in [0.25, 0.3) is 0 Å². The van der Waals surface area contributed by atoms with Crippen LogP contribution in [-0.4, -0.2) is 19.1 Å². The maximum Gasteiger partial charge on any atom is 0.305 e. The molecule has 0 heterocycles. The molecule has 0 unspecified atom stereocenters. The molecule has 0 aromatic heterocycles. The van der Waals surface area contributed by atoms with E-state index in [1.165, 1.54) is 0 Å². The van der Waals surface area contributed by atoms with Gasteiger partial charge in [-0.15, -0.1) is 0 Å². The Balaban J connectivity index is 3.44. The van der Waals surface area contributed by atoms with E-state index in [0.29, 0.717) is 25.5 Å². The molecule has 2 N–H and O–H groups in total. The smallest absolute Gasteiger partial charge is 0.305 e. The number of hydrogen-bond acceptors (Lipinski definition) is 3. The average molecular weight is 187 g/mol. The van der Waals surface area contributed by atoms with E-state index in [1.54, 1.807) is 0 Å². The fraction of sp³-hybridized carbons (Fsp3) is 0.900. The highest BCUT2D eigenvalue weighted by Crippen LogP contribution is 2.14. The zero-order valence-electron chi connectivity index (χ0n) is 8.71. The predicted octanol–water partition coefficient (Wildman–Crippen LogP) is 1.70. The summed E-state index contributed by atoms with van der Waals surface area (Å²) in [6, 6.07) is 0. The van der Waals surface area contributed by atoms with Gasteiger partial charge in [-0.05, 0) is 12.3 Å². The molecule has 0 rings (SSSR count). The quantitative estimate of drug-likeness (QED) is 0.617. The standard InChI is InChI=1S/C10H21NO2/c1-3-9(4-2)5-6-10(12)13-8-7-11/h9H,3-8,11H2,1-2H3. The molecule has 0 aliphatic carbocycles. The summed E-state index contributed by atoms with van der Waals surface area (Å²) in [5.41, 5.74) is 5.21. The lowest BCUT2D eigenvalue weighted by Gasteiger charge is -2.10. The molecule has 0 fully saturated rings. The van der Waals surface area contributed by atoms with E-state index in [2.05, 4.69) is 13.8 Å². The number of esters is 1. The molecule has 3 nitrogen and oxygen atoms in total. The Morgan fingerprint density at radius 3 is 2.46 bits per heavy atom. The van der Waals surface area contributed by atoms with Crippen LogP contribution in [0.5, 0.6) is 0 Å². The second kappa shape index (κ2) is 8.05. The minimum absolute atomic E-state index is 0.114. The molecule has 13 heavy (non-hydrogen) atoms. The van der Waals surface area contributed by atoms with Gasteiger partial charge in [0.25, 0.3) is 0 Å². The fourth-order valence-electron chi connectivity index (χ4n) is 1.26. The van der Waals surface area contributed by atoms with Gasteiger partial charge in [-0.25, -0.2) is 0 Å². The lowest BCUT2D eigenvalue weighted by molar-refractivity contribution is -0.143. The van der Waals surface area contributed by atoms with Gasteiger partial charge < -0.3 is 10.5 Å². The summed E-state index contributed by atoms with van der Waals surface area (Å²) in [6.45, 7) is 5.07. The number of ether oxygens (including phenoxy) is 1. The molecule has 0 spiro atoms. The van der Waals surface area contributed by atoms with E-state index < -0.39 is 0 Å². The predicted molar refractivity (Wildman–Crippen MR) is 53.3 cm³/mol. The van der Waals surface area contributed by atoms with Crippen molar-refractivity contribution in [3.05, 3.63) is 0 Å². The van der Waals surface area contributed by atoms with E-state index in [0.717, 1.165) is 19.3 Å². The lowest BCUT2D eigenvalue weighted by atomic mass is 9.98. The van der Waals surface area contributed by atoms with E-state index in [9.17, 15) is 4.79 Å². The zero-order valence-corrected chi connectivity index (χ0v) is 8.71. The summed E-state index contributed by atoms with van der Waals surface area (Å²) >= 11 is 0. The molecule has 0 aliphatic rings. The highest BCUT2D eigenvalue weighted by molar-refractivity contribution is 5.69. The van der Waals surface area contributed by atoms with E-state index in [-0.39, 0.29) is 5.97 Å². The molecule has 0 radical (unpaired) electrons. The lowest BCUT2D eigenvalue weighted by Crippen LogP contribution is -2.14. The highest BCUT2D eigenvalue weighted by atomic mass is 16.5. The number of carbonyl (C=O) groups excluding carboxylic acids is 1. The van der Waals surface area contributed by atoms with E-state index in [1.807, 2.05) is 0 Å². The van der Waals surface area contributed by atoms with Crippen molar-refractivity contribution in [2.75, 3.05) is 13.2 Å². The van der Waals surface area contributed by atoms with Crippen LogP contribution in [0.4, 0.5) is 0 Å². The number of hydrogen-bond donors (Lipinski definition) is 1. The molecule has 3 heteroatoms. The third-order valence-corrected chi connectivity index (χ3v) is 2.29. The van der Waals surface area contributed by atoms with E-state index in [4.69, 9.17) is 10.5 Å². The molecule has 78 valence electrons. The molecule has 0 atom stereocenters. The summed E-state index contributed by atoms with van der Waals surface area (Å²) in [7, 11) is 0. The number of rotatable bonds is 7. The van der Waals surface area contributed by atoms with Gasteiger partial charge in [0.1, 0.15) is 6.61 Å². The summed E-state index contributed by atoms with van der Waals surface area (Å²) in [5.74, 6) is 0.544. The van der Waals surface area contributed by atoms with Crippen molar-refractivity contribution < 1.29 is 9.53 Å². The normalized spacial score (nSPS) is 10.5. The van der Waals surface area contributed by atoms with Gasteiger partial charge in [-0.3, -0.25) is 4.79 Å². The van der Waals surface area contributed by atoms with Crippen LogP contribution in [0.1, 0.15) is 39.5 Å². The van der Waals surface area contributed by atoms with Crippen LogP contribution in [0.15, 0.2) is 0 Å². The van der Waals surface area contributed by atoms with Gasteiger partial charge in [0.05, 0.1) is 0 Å². The maximum atomic E-state index is 11.1. The molecule has 0 saturated carbocycles. The number of nitrogens with two attached hydrogens (primary N) is 1. The monoisotopic (exact) mass is 187 g/mol. The van der Waals surface area contributed by atoms with Gasteiger partial charge >= 0.3 is 5.97 Å².